The minimum absolute atomic E-state index is 0.0139. The van der Waals surface area contributed by atoms with Crippen molar-refractivity contribution in [3.05, 3.63) is 23.9 Å². The monoisotopic (exact) mass is 235 g/mol. The summed E-state index contributed by atoms with van der Waals surface area (Å²) in [4.78, 5) is 42.4. The summed E-state index contributed by atoms with van der Waals surface area (Å²) < 4.78 is 0. The van der Waals surface area contributed by atoms with E-state index in [1.807, 2.05) is 0 Å². The third-order valence-electron chi connectivity index (χ3n) is 2.24. The summed E-state index contributed by atoms with van der Waals surface area (Å²) in [6.07, 6.45) is 1.52. The molecule has 1 saturated heterocycles. The predicted molar refractivity (Wildman–Crippen MR) is 55.2 cm³/mol. The molecule has 0 saturated carbocycles. The normalized spacial score (nSPS) is 15.2. The summed E-state index contributed by atoms with van der Waals surface area (Å²) in [5.41, 5.74) is 5.48. The summed E-state index contributed by atoms with van der Waals surface area (Å²) in [6.45, 7) is 0. The molecule has 1 aliphatic heterocycles. The molecule has 0 unspecified atom stereocenters. The van der Waals surface area contributed by atoms with Crippen LogP contribution < -0.4 is 5.73 Å². The molecular formula is C10H9N3O4. The average molecular weight is 235 g/mol. The second-order valence-corrected chi connectivity index (χ2v) is 3.40. The molecule has 1 fully saturated rings. The first kappa shape index (κ1) is 11.1. The van der Waals surface area contributed by atoms with Crippen LogP contribution in [0.25, 0.3) is 0 Å². The number of anilines is 1. The van der Waals surface area contributed by atoms with Gasteiger partial charge in [0.1, 0.15) is 11.4 Å². The molecule has 0 aliphatic carbocycles. The molecule has 1 aromatic rings. The van der Waals surface area contributed by atoms with Crippen molar-refractivity contribution in [1.29, 1.82) is 0 Å². The lowest BCUT2D eigenvalue weighted by atomic mass is 10.2. The minimum atomic E-state index is -0.876. The lowest BCUT2D eigenvalue weighted by Gasteiger charge is -2.12. The van der Waals surface area contributed by atoms with E-state index in [-0.39, 0.29) is 24.2 Å². The second kappa shape index (κ2) is 4.20. The van der Waals surface area contributed by atoms with Crippen LogP contribution in [0.2, 0.25) is 0 Å². The first-order valence-electron chi connectivity index (χ1n) is 4.88. The van der Waals surface area contributed by atoms with Crippen molar-refractivity contribution in [3.8, 4) is 0 Å². The molecule has 0 radical (unpaired) electrons. The van der Waals surface area contributed by atoms with Crippen molar-refractivity contribution in [2.45, 2.75) is 12.8 Å². The number of nitrogens with zero attached hydrogens (tertiary/aromatic N) is 2. The molecule has 1 aromatic heterocycles. The summed E-state index contributed by atoms with van der Waals surface area (Å²) in [5.74, 6) is -1.97. The molecule has 7 nitrogen and oxygen atoms in total. The number of aromatic nitrogens is 1. The Kier molecular flexibility index (Phi) is 2.73. The maximum absolute atomic E-state index is 11.6. The molecule has 2 heterocycles. The number of pyridine rings is 1. The van der Waals surface area contributed by atoms with E-state index in [2.05, 4.69) is 9.82 Å². The van der Waals surface area contributed by atoms with Crippen LogP contribution in [0.3, 0.4) is 0 Å². The van der Waals surface area contributed by atoms with E-state index in [9.17, 15) is 14.4 Å². The van der Waals surface area contributed by atoms with Gasteiger partial charge < -0.3 is 10.6 Å². The third kappa shape index (κ3) is 2.07. The van der Waals surface area contributed by atoms with E-state index >= 15 is 0 Å². The highest BCUT2D eigenvalue weighted by molar-refractivity contribution is 6.03. The predicted octanol–water partition coefficient (Wildman–Crippen LogP) is -0.115. The van der Waals surface area contributed by atoms with Crippen LogP contribution in [0, 0.1) is 0 Å². The van der Waals surface area contributed by atoms with Gasteiger partial charge in [0.2, 0.25) is 0 Å². The van der Waals surface area contributed by atoms with Gasteiger partial charge in [-0.1, -0.05) is 0 Å². The van der Waals surface area contributed by atoms with Gasteiger partial charge in [-0.2, -0.15) is 0 Å². The lowest BCUT2D eigenvalue weighted by Crippen LogP contribution is -2.32. The van der Waals surface area contributed by atoms with Crippen LogP contribution in [0.1, 0.15) is 23.2 Å². The number of hydroxylamine groups is 2. The van der Waals surface area contributed by atoms with E-state index in [0.717, 1.165) is 0 Å². The maximum atomic E-state index is 11.6. The van der Waals surface area contributed by atoms with Gasteiger partial charge in [-0.25, -0.2) is 9.78 Å². The SMILES string of the molecule is Nc1ncccc1C(=O)ON1C(=O)CCC1=O. The molecule has 0 spiro atoms. The first-order valence-corrected chi connectivity index (χ1v) is 4.88. The van der Waals surface area contributed by atoms with Crippen LogP contribution in [-0.2, 0) is 14.4 Å². The highest BCUT2D eigenvalue weighted by Gasteiger charge is 2.33. The van der Waals surface area contributed by atoms with Crippen molar-refractivity contribution >= 4 is 23.6 Å². The molecule has 2 rings (SSSR count). The van der Waals surface area contributed by atoms with Gasteiger partial charge in [0.15, 0.2) is 0 Å². The summed E-state index contributed by atoms with van der Waals surface area (Å²) in [5, 5.41) is 0.467. The summed E-state index contributed by atoms with van der Waals surface area (Å²) in [6, 6.07) is 2.90. The Hall–Kier alpha value is -2.44. The fraction of sp³-hybridized carbons (Fsp3) is 0.200. The fourth-order valence-corrected chi connectivity index (χ4v) is 1.38. The first-order chi connectivity index (χ1) is 8.09. The third-order valence-corrected chi connectivity index (χ3v) is 2.24. The standard InChI is InChI=1S/C10H9N3O4/c11-9-6(2-1-5-12-9)10(16)17-13-7(14)3-4-8(13)15/h1-2,5H,3-4H2,(H2,11,12). The van der Waals surface area contributed by atoms with Crippen molar-refractivity contribution in [2.24, 2.45) is 0 Å². The smallest absolute Gasteiger partial charge is 0.367 e. The topological polar surface area (TPSA) is 103 Å². The van der Waals surface area contributed by atoms with Gasteiger partial charge in [0.05, 0.1) is 0 Å². The maximum Gasteiger partial charge on any atom is 0.367 e. The Bertz CT molecular complexity index is 484. The molecule has 88 valence electrons. The fourth-order valence-electron chi connectivity index (χ4n) is 1.38. The molecule has 0 aromatic carbocycles. The quantitative estimate of drug-likeness (QED) is 0.717. The Balaban J connectivity index is 2.15. The van der Waals surface area contributed by atoms with Crippen molar-refractivity contribution in [2.75, 3.05) is 5.73 Å². The number of hydrogen-bond donors (Lipinski definition) is 1. The molecule has 0 atom stereocenters. The zero-order valence-electron chi connectivity index (χ0n) is 8.75. The van der Waals surface area contributed by atoms with Gasteiger partial charge in [0, 0.05) is 19.0 Å². The Morgan fingerprint density at radius 2 is 2.00 bits per heavy atom. The Morgan fingerprint density at radius 1 is 1.35 bits per heavy atom. The van der Waals surface area contributed by atoms with Crippen molar-refractivity contribution in [3.63, 3.8) is 0 Å². The minimum Gasteiger partial charge on any atom is -0.383 e. The van der Waals surface area contributed by atoms with Gasteiger partial charge in [-0.05, 0) is 12.1 Å². The molecular weight excluding hydrogens is 226 g/mol. The molecule has 2 amide bonds. The molecule has 0 bridgehead atoms. The summed E-state index contributed by atoms with van der Waals surface area (Å²) >= 11 is 0. The van der Waals surface area contributed by atoms with Crippen LogP contribution in [0.15, 0.2) is 18.3 Å². The van der Waals surface area contributed by atoms with Crippen LogP contribution in [-0.4, -0.2) is 27.8 Å². The lowest BCUT2D eigenvalue weighted by molar-refractivity contribution is -0.172. The van der Waals surface area contributed by atoms with Gasteiger partial charge >= 0.3 is 5.97 Å². The van der Waals surface area contributed by atoms with Crippen LogP contribution in [0.5, 0.6) is 0 Å². The number of hydrogen-bond acceptors (Lipinski definition) is 6. The molecule has 1 aliphatic rings. The number of carbonyl (C=O) groups is 3. The van der Waals surface area contributed by atoms with E-state index in [4.69, 9.17) is 5.73 Å². The Labute approximate surface area is 96.1 Å². The van der Waals surface area contributed by atoms with Gasteiger partial charge in [-0.3, -0.25) is 9.59 Å². The van der Waals surface area contributed by atoms with Crippen LogP contribution >= 0.6 is 0 Å². The van der Waals surface area contributed by atoms with Crippen LogP contribution in [0.4, 0.5) is 5.82 Å². The van der Waals surface area contributed by atoms with E-state index in [1.54, 1.807) is 0 Å². The molecule has 2 N–H and O–H groups in total. The van der Waals surface area contributed by atoms with E-state index in [1.165, 1.54) is 18.3 Å². The number of carbonyl (C=O) groups excluding carboxylic acids is 3. The highest BCUT2D eigenvalue weighted by atomic mass is 16.7. The number of amides is 2. The van der Waals surface area contributed by atoms with Gasteiger partial charge in [0.25, 0.3) is 11.8 Å². The zero-order valence-corrected chi connectivity index (χ0v) is 8.75. The number of rotatable bonds is 2. The van der Waals surface area contributed by atoms with Crippen molar-refractivity contribution < 1.29 is 19.2 Å². The largest absolute Gasteiger partial charge is 0.383 e. The Morgan fingerprint density at radius 3 is 2.59 bits per heavy atom. The molecule has 7 heteroatoms. The highest BCUT2D eigenvalue weighted by Crippen LogP contribution is 2.15. The average Bonchev–Trinajstić information content (AvgIpc) is 2.61. The number of imide groups is 1. The summed E-state index contributed by atoms with van der Waals surface area (Å²) in [7, 11) is 0. The number of nitrogen functional groups attached to an aromatic ring is 1. The number of nitrogens with two attached hydrogens (primary N) is 1. The zero-order chi connectivity index (χ0) is 12.4. The van der Waals surface area contributed by atoms with E-state index < -0.39 is 17.8 Å². The molecule has 17 heavy (non-hydrogen) atoms. The van der Waals surface area contributed by atoms with E-state index in [0.29, 0.717) is 5.06 Å². The van der Waals surface area contributed by atoms with Gasteiger partial charge in [-0.15, -0.1) is 5.06 Å². The van der Waals surface area contributed by atoms with Crippen molar-refractivity contribution in [1.82, 2.24) is 10.0 Å². The second-order valence-electron chi connectivity index (χ2n) is 3.40.